The lowest BCUT2D eigenvalue weighted by molar-refractivity contribution is 0.475. The van der Waals surface area contributed by atoms with Crippen LogP contribution in [0.25, 0.3) is 16.6 Å². The van der Waals surface area contributed by atoms with Crippen molar-refractivity contribution >= 4 is 22.7 Å². The first-order valence-electron chi connectivity index (χ1n) is 7.79. The molecule has 0 unspecified atom stereocenters. The van der Waals surface area contributed by atoms with Crippen molar-refractivity contribution in [3.8, 4) is 11.4 Å². The Morgan fingerprint density at radius 2 is 1.88 bits per heavy atom. The first-order chi connectivity index (χ1) is 12.6. The Bertz CT molecular complexity index is 1140. The monoisotopic (exact) mass is 366 g/mol. The molecule has 0 spiro atoms. The van der Waals surface area contributed by atoms with Gasteiger partial charge in [-0.1, -0.05) is 23.9 Å². The third kappa shape index (κ3) is 2.93. The maximum atomic E-state index is 12.5. The lowest BCUT2D eigenvalue weighted by atomic mass is 10.2. The normalized spacial score (nSPS) is 11.1. The Balaban J connectivity index is 1.64. The van der Waals surface area contributed by atoms with Crippen molar-refractivity contribution in [3.63, 3.8) is 0 Å². The summed E-state index contributed by atoms with van der Waals surface area (Å²) >= 11 is 1.38. The highest BCUT2D eigenvalue weighted by molar-refractivity contribution is 7.98. The third-order valence-corrected chi connectivity index (χ3v) is 4.86. The lowest BCUT2D eigenvalue weighted by Crippen LogP contribution is -2.22. The van der Waals surface area contributed by atoms with Crippen LogP contribution in [0.1, 0.15) is 5.82 Å². The van der Waals surface area contributed by atoms with Crippen molar-refractivity contribution in [3.05, 3.63) is 64.7 Å². The fourth-order valence-corrected chi connectivity index (χ4v) is 3.42. The van der Waals surface area contributed by atoms with Crippen LogP contribution in [0.15, 0.2) is 58.5 Å². The number of aromatic nitrogens is 6. The molecule has 0 fully saturated rings. The van der Waals surface area contributed by atoms with Gasteiger partial charge in [0.2, 0.25) is 5.16 Å². The molecule has 0 amide bonds. The minimum absolute atomic E-state index is 0.0793. The van der Waals surface area contributed by atoms with Gasteiger partial charge in [0.05, 0.1) is 22.3 Å². The van der Waals surface area contributed by atoms with Gasteiger partial charge in [0.25, 0.3) is 5.56 Å². The molecule has 26 heavy (non-hydrogen) atoms. The van der Waals surface area contributed by atoms with Gasteiger partial charge in [-0.3, -0.25) is 9.36 Å². The van der Waals surface area contributed by atoms with Gasteiger partial charge < -0.3 is 5.11 Å². The number of para-hydroxylation sites is 1. The number of hydrogen-bond donors (Lipinski definition) is 1. The van der Waals surface area contributed by atoms with E-state index in [0.717, 1.165) is 5.69 Å². The first kappa shape index (κ1) is 16.3. The van der Waals surface area contributed by atoms with E-state index in [-0.39, 0.29) is 11.3 Å². The molecular weight excluding hydrogens is 352 g/mol. The van der Waals surface area contributed by atoms with Crippen molar-refractivity contribution in [2.24, 2.45) is 7.05 Å². The van der Waals surface area contributed by atoms with Crippen LogP contribution in [0.2, 0.25) is 0 Å². The highest BCUT2D eigenvalue weighted by Crippen LogP contribution is 2.23. The van der Waals surface area contributed by atoms with Crippen molar-refractivity contribution in [1.29, 1.82) is 0 Å². The molecule has 0 aliphatic rings. The van der Waals surface area contributed by atoms with Crippen molar-refractivity contribution in [2.45, 2.75) is 10.9 Å². The van der Waals surface area contributed by atoms with Gasteiger partial charge in [-0.2, -0.15) is 4.68 Å². The maximum Gasteiger partial charge on any atom is 0.261 e. The molecule has 2 aromatic carbocycles. The van der Waals surface area contributed by atoms with Gasteiger partial charge in [-0.25, -0.2) is 4.98 Å². The zero-order valence-electron chi connectivity index (χ0n) is 13.8. The van der Waals surface area contributed by atoms with Gasteiger partial charge in [0, 0.05) is 7.05 Å². The van der Waals surface area contributed by atoms with Crippen LogP contribution in [-0.4, -0.2) is 34.9 Å². The van der Waals surface area contributed by atoms with Crippen molar-refractivity contribution in [2.75, 3.05) is 0 Å². The van der Waals surface area contributed by atoms with E-state index in [1.807, 2.05) is 18.2 Å². The number of nitrogens with zero attached hydrogens (tertiary/aromatic N) is 6. The van der Waals surface area contributed by atoms with E-state index in [1.165, 1.54) is 11.8 Å². The number of benzene rings is 2. The first-order valence-corrected chi connectivity index (χ1v) is 8.77. The summed E-state index contributed by atoms with van der Waals surface area (Å²) in [7, 11) is 1.71. The molecule has 0 bridgehead atoms. The van der Waals surface area contributed by atoms with E-state index in [2.05, 4.69) is 20.5 Å². The Kier molecular flexibility index (Phi) is 4.13. The quantitative estimate of drug-likeness (QED) is 0.551. The molecule has 8 nitrogen and oxygen atoms in total. The van der Waals surface area contributed by atoms with Crippen molar-refractivity contribution in [1.82, 2.24) is 29.8 Å². The Morgan fingerprint density at radius 1 is 1.12 bits per heavy atom. The molecule has 1 N–H and O–H groups in total. The van der Waals surface area contributed by atoms with Crippen LogP contribution in [0.5, 0.6) is 5.75 Å². The average molecular weight is 366 g/mol. The molecule has 4 rings (SSSR count). The molecule has 9 heteroatoms. The minimum atomic E-state index is -0.0793. The van der Waals surface area contributed by atoms with E-state index >= 15 is 0 Å². The summed E-state index contributed by atoms with van der Waals surface area (Å²) in [5.41, 5.74) is 1.32. The van der Waals surface area contributed by atoms with Crippen LogP contribution in [0.3, 0.4) is 0 Å². The number of rotatable bonds is 4. The van der Waals surface area contributed by atoms with E-state index in [0.29, 0.717) is 27.6 Å². The van der Waals surface area contributed by atoms with Gasteiger partial charge in [-0.05, 0) is 46.8 Å². The second kappa shape index (κ2) is 6.60. The summed E-state index contributed by atoms with van der Waals surface area (Å²) in [5, 5.41) is 22.3. The molecule has 0 aliphatic carbocycles. The molecule has 130 valence electrons. The number of tetrazole rings is 1. The molecule has 2 aromatic heterocycles. The summed E-state index contributed by atoms with van der Waals surface area (Å²) in [4.78, 5) is 17.1. The summed E-state index contributed by atoms with van der Waals surface area (Å²) in [6, 6.07) is 13.9. The number of phenolic OH excluding ortho intramolecular Hbond substituents is 1. The summed E-state index contributed by atoms with van der Waals surface area (Å²) in [6.45, 7) is 0. The zero-order valence-corrected chi connectivity index (χ0v) is 14.6. The highest BCUT2D eigenvalue weighted by atomic mass is 32.2. The number of phenols is 1. The standard InChI is InChI=1S/C17H14N6O2S/c1-22-15(18-14-5-3-2-4-13(14)16(22)25)10-26-17-19-20-21-23(17)11-6-8-12(24)9-7-11/h2-9,24H,10H2,1H3. The van der Waals surface area contributed by atoms with Crippen LogP contribution in [0, 0.1) is 0 Å². The summed E-state index contributed by atoms with van der Waals surface area (Å²) < 4.78 is 3.12. The van der Waals surface area contributed by atoms with E-state index in [9.17, 15) is 9.90 Å². The van der Waals surface area contributed by atoms with E-state index < -0.39 is 0 Å². The fraction of sp³-hybridized carbons (Fsp3) is 0.118. The topological polar surface area (TPSA) is 98.7 Å². The van der Waals surface area contributed by atoms with Crippen LogP contribution >= 0.6 is 11.8 Å². The predicted octanol–water partition coefficient (Wildman–Crippen LogP) is 1.91. The maximum absolute atomic E-state index is 12.5. The number of thioether (sulfide) groups is 1. The second-order valence-corrected chi connectivity index (χ2v) is 6.53. The molecule has 0 atom stereocenters. The van der Waals surface area contributed by atoms with Gasteiger partial charge in [-0.15, -0.1) is 5.10 Å². The largest absolute Gasteiger partial charge is 0.508 e. The molecule has 0 saturated carbocycles. The van der Waals surface area contributed by atoms with Crippen molar-refractivity contribution < 1.29 is 5.11 Å². The molecular formula is C17H14N6O2S. The highest BCUT2D eigenvalue weighted by Gasteiger charge is 2.13. The SMILES string of the molecule is Cn1c(CSc2nnnn2-c2ccc(O)cc2)nc2ccccc2c1=O. The van der Waals surface area contributed by atoms with Gasteiger partial charge >= 0.3 is 0 Å². The second-order valence-electron chi connectivity index (χ2n) is 5.59. The average Bonchev–Trinajstić information content (AvgIpc) is 3.13. The van der Waals surface area contributed by atoms with Crippen LogP contribution in [0.4, 0.5) is 0 Å². The number of aromatic hydroxyl groups is 1. The molecule has 0 aliphatic heterocycles. The Hall–Kier alpha value is -3.20. The number of hydrogen-bond acceptors (Lipinski definition) is 7. The molecule has 0 radical (unpaired) electrons. The zero-order chi connectivity index (χ0) is 18.1. The fourth-order valence-electron chi connectivity index (χ4n) is 2.55. The van der Waals surface area contributed by atoms with Gasteiger partial charge in [0.15, 0.2) is 0 Å². The summed E-state index contributed by atoms with van der Waals surface area (Å²) in [5.74, 6) is 1.25. The smallest absolute Gasteiger partial charge is 0.261 e. The number of fused-ring (bicyclic) bond motifs is 1. The third-order valence-electron chi connectivity index (χ3n) is 3.94. The Morgan fingerprint density at radius 3 is 2.69 bits per heavy atom. The predicted molar refractivity (Wildman–Crippen MR) is 97.4 cm³/mol. The molecule has 4 aromatic rings. The van der Waals surface area contributed by atoms with Gasteiger partial charge in [0.1, 0.15) is 11.6 Å². The summed E-state index contributed by atoms with van der Waals surface area (Å²) in [6.07, 6.45) is 0. The van der Waals surface area contributed by atoms with Crippen LogP contribution < -0.4 is 5.56 Å². The minimum Gasteiger partial charge on any atom is -0.508 e. The Labute approximate surface area is 152 Å². The molecule has 0 saturated heterocycles. The molecule has 2 heterocycles. The van der Waals surface area contributed by atoms with E-state index in [1.54, 1.807) is 46.6 Å². The van der Waals surface area contributed by atoms with Crippen LogP contribution in [-0.2, 0) is 12.8 Å². The lowest BCUT2D eigenvalue weighted by Gasteiger charge is -2.09. The van der Waals surface area contributed by atoms with E-state index in [4.69, 9.17) is 0 Å².